The molecule has 0 aromatic heterocycles. The van der Waals surface area contributed by atoms with Gasteiger partial charge in [0.2, 0.25) is 0 Å². The molecule has 0 aliphatic heterocycles. The summed E-state index contributed by atoms with van der Waals surface area (Å²) in [5, 5.41) is 0.409. The molecule has 0 bridgehead atoms. The highest BCUT2D eigenvalue weighted by molar-refractivity contribution is 7.87. The van der Waals surface area contributed by atoms with E-state index in [1.165, 1.54) is 50.4 Å². The molecule has 0 saturated heterocycles. The van der Waals surface area contributed by atoms with E-state index in [1.807, 2.05) is 0 Å². The van der Waals surface area contributed by atoms with Crippen molar-refractivity contribution in [2.24, 2.45) is 0 Å². The number of halogens is 2. The maximum atomic E-state index is 12.5. The third-order valence-corrected chi connectivity index (χ3v) is 4.96. The Morgan fingerprint density at radius 3 is 2.43 bits per heavy atom. The molecule has 0 fully saturated rings. The van der Waals surface area contributed by atoms with Crippen LogP contribution in [0.5, 0.6) is 5.75 Å². The molecule has 0 spiro atoms. The zero-order chi connectivity index (χ0) is 17.2. The van der Waals surface area contributed by atoms with Crippen molar-refractivity contribution in [3.63, 3.8) is 0 Å². The lowest BCUT2D eigenvalue weighted by Gasteiger charge is -2.12. The largest absolute Gasteiger partial charge is 0.465 e. The first-order valence-electron chi connectivity index (χ1n) is 6.33. The first-order valence-corrected chi connectivity index (χ1v) is 8.50. The van der Waals surface area contributed by atoms with E-state index >= 15 is 0 Å². The van der Waals surface area contributed by atoms with Crippen molar-refractivity contribution in [3.05, 3.63) is 57.6 Å². The van der Waals surface area contributed by atoms with Crippen molar-refractivity contribution >= 4 is 39.3 Å². The number of benzene rings is 2. The van der Waals surface area contributed by atoms with Gasteiger partial charge in [-0.3, -0.25) is 0 Å². The third-order valence-electron chi connectivity index (χ3n) is 3.05. The lowest BCUT2D eigenvalue weighted by molar-refractivity contribution is 0.0599. The van der Waals surface area contributed by atoms with Gasteiger partial charge in [-0.15, -0.1) is 0 Å². The van der Waals surface area contributed by atoms with Crippen molar-refractivity contribution in [1.82, 2.24) is 0 Å². The van der Waals surface area contributed by atoms with Crippen LogP contribution in [0.2, 0.25) is 10.0 Å². The van der Waals surface area contributed by atoms with Crippen LogP contribution in [0.15, 0.2) is 41.3 Å². The quantitative estimate of drug-likeness (QED) is 0.600. The summed E-state index contributed by atoms with van der Waals surface area (Å²) in [5.41, 5.74) is 0.365. The number of carbonyl (C=O) groups is 1. The second kappa shape index (κ2) is 6.78. The van der Waals surface area contributed by atoms with Gasteiger partial charge in [-0.1, -0.05) is 29.3 Å². The van der Waals surface area contributed by atoms with Crippen molar-refractivity contribution in [1.29, 1.82) is 0 Å². The number of methoxy groups -OCH3 is 1. The van der Waals surface area contributed by atoms with Gasteiger partial charge in [0.1, 0.15) is 4.90 Å². The zero-order valence-electron chi connectivity index (χ0n) is 12.2. The van der Waals surface area contributed by atoms with Crippen LogP contribution in [0.1, 0.15) is 15.9 Å². The number of ether oxygens (including phenoxy) is 1. The van der Waals surface area contributed by atoms with Gasteiger partial charge in [0.05, 0.1) is 17.7 Å². The van der Waals surface area contributed by atoms with Crippen molar-refractivity contribution in [2.75, 3.05) is 7.11 Å². The van der Waals surface area contributed by atoms with E-state index in [1.54, 1.807) is 0 Å². The average molecular weight is 375 g/mol. The fourth-order valence-corrected chi connectivity index (χ4v) is 3.62. The zero-order valence-corrected chi connectivity index (χ0v) is 14.5. The monoisotopic (exact) mass is 374 g/mol. The summed E-state index contributed by atoms with van der Waals surface area (Å²) in [7, 11) is -2.96. The summed E-state index contributed by atoms with van der Waals surface area (Å²) in [5.74, 6) is -0.692. The molecule has 2 rings (SSSR count). The topological polar surface area (TPSA) is 69.7 Å². The highest BCUT2D eigenvalue weighted by Gasteiger charge is 2.24. The highest BCUT2D eigenvalue weighted by atomic mass is 35.5. The lowest BCUT2D eigenvalue weighted by Crippen LogP contribution is -2.14. The molecule has 2 aromatic carbocycles. The van der Waals surface area contributed by atoms with Crippen LogP contribution in [0.4, 0.5) is 0 Å². The van der Waals surface area contributed by atoms with Crippen molar-refractivity contribution in [2.45, 2.75) is 11.8 Å². The maximum Gasteiger partial charge on any atom is 0.339 e. The van der Waals surface area contributed by atoms with Crippen molar-refractivity contribution in [3.8, 4) is 5.75 Å². The Balaban J connectivity index is 2.46. The van der Waals surface area contributed by atoms with Gasteiger partial charge in [0.15, 0.2) is 5.75 Å². The molecule has 0 aliphatic carbocycles. The van der Waals surface area contributed by atoms with Gasteiger partial charge in [0.25, 0.3) is 0 Å². The van der Waals surface area contributed by atoms with Crippen molar-refractivity contribution < 1.29 is 22.1 Å². The standard InChI is InChI=1S/C15H12Cl2O5S/c1-9-11(15(18)21-2)4-3-5-14(9)23(19,20)22-13-7-6-10(16)8-12(13)17/h3-8H,1-2H3. The van der Waals surface area contributed by atoms with Gasteiger partial charge < -0.3 is 8.92 Å². The van der Waals surface area contributed by atoms with E-state index in [9.17, 15) is 13.2 Å². The summed E-state index contributed by atoms with van der Waals surface area (Å²) in [6, 6.07) is 8.40. The molecule has 0 unspecified atom stereocenters. The van der Waals surface area contributed by atoms with Crippen LogP contribution in [0.25, 0.3) is 0 Å². The van der Waals surface area contributed by atoms with E-state index in [-0.39, 0.29) is 26.8 Å². The van der Waals surface area contributed by atoms with Crippen LogP contribution in [-0.4, -0.2) is 21.5 Å². The first kappa shape index (κ1) is 17.6. The first-order chi connectivity index (χ1) is 10.8. The van der Waals surface area contributed by atoms with Gasteiger partial charge in [0, 0.05) is 5.02 Å². The Morgan fingerprint density at radius 2 is 1.83 bits per heavy atom. The Hall–Kier alpha value is -1.76. The average Bonchev–Trinajstić information content (AvgIpc) is 2.49. The van der Waals surface area contributed by atoms with Gasteiger partial charge in [-0.25, -0.2) is 4.79 Å². The predicted molar refractivity (Wildman–Crippen MR) is 86.8 cm³/mol. The molecule has 0 amide bonds. The Labute approximate surface area is 143 Å². The van der Waals surface area contributed by atoms with E-state index in [2.05, 4.69) is 4.74 Å². The lowest BCUT2D eigenvalue weighted by atomic mass is 10.1. The molecule has 0 saturated carbocycles. The van der Waals surface area contributed by atoms with Gasteiger partial charge in [-0.2, -0.15) is 8.42 Å². The summed E-state index contributed by atoms with van der Waals surface area (Å²) in [6.45, 7) is 1.49. The Kier molecular flexibility index (Phi) is 5.19. The smallest absolute Gasteiger partial charge is 0.339 e. The Morgan fingerprint density at radius 1 is 1.13 bits per heavy atom. The second-order valence-electron chi connectivity index (χ2n) is 4.53. The minimum atomic E-state index is -4.18. The number of rotatable bonds is 4. The van der Waals surface area contributed by atoms with Gasteiger partial charge in [-0.05, 0) is 42.8 Å². The van der Waals surface area contributed by atoms with E-state index < -0.39 is 16.1 Å². The summed E-state index contributed by atoms with van der Waals surface area (Å²) < 4.78 is 34.6. The SMILES string of the molecule is COC(=O)c1cccc(S(=O)(=O)Oc2ccc(Cl)cc2Cl)c1C. The molecule has 0 radical (unpaired) electrons. The molecule has 0 atom stereocenters. The molecule has 0 N–H and O–H groups in total. The molecular formula is C15H12Cl2O5S. The Bertz CT molecular complexity index is 862. The van der Waals surface area contributed by atoms with E-state index in [4.69, 9.17) is 27.4 Å². The summed E-state index contributed by atoms with van der Waals surface area (Å²) >= 11 is 11.7. The van der Waals surface area contributed by atoms with Crippen LogP contribution < -0.4 is 4.18 Å². The third kappa shape index (κ3) is 3.77. The maximum absolute atomic E-state index is 12.5. The molecule has 2 aromatic rings. The molecule has 0 heterocycles. The molecule has 0 aliphatic rings. The van der Waals surface area contributed by atoms with Crippen LogP contribution in [-0.2, 0) is 14.9 Å². The molecule has 23 heavy (non-hydrogen) atoms. The number of carbonyl (C=O) groups excluding carboxylic acids is 1. The second-order valence-corrected chi connectivity index (χ2v) is 6.89. The van der Waals surface area contributed by atoms with Crippen LogP contribution in [0.3, 0.4) is 0 Å². The predicted octanol–water partition coefficient (Wildman–Crippen LogP) is 3.86. The summed E-state index contributed by atoms with van der Waals surface area (Å²) in [4.78, 5) is 11.5. The molecular weight excluding hydrogens is 363 g/mol. The van der Waals surface area contributed by atoms with E-state index in [0.717, 1.165) is 0 Å². The normalized spacial score (nSPS) is 11.1. The van der Waals surface area contributed by atoms with E-state index in [0.29, 0.717) is 5.02 Å². The van der Waals surface area contributed by atoms with Crippen LogP contribution >= 0.6 is 23.2 Å². The molecule has 5 nitrogen and oxygen atoms in total. The van der Waals surface area contributed by atoms with Crippen LogP contribution in [0, 0.1) is 6.92 Å². The fraction of sp³-hybridized carbons (Fsp3) is 0.133. The number of hydrogen-bond donors (Lipinski definition) is 0. The minimum Gasteiger partial charge on any atom is -0.465 e. The number of esters is 1. The fourth-order valence-electron chi connectivity index (χ4n) is 1.92. The minimum absolute atomic E-state index is 0.0565. The molecule has 8 heteroatoms. The van der Waals surface area contributed by atoms with Gasteiger partial charge >= 0.3 is 16.1 Å². The number of hydrogen-bond acceptors (Lipinski definition) is 5. The summed E-state index contributed by atoms with van der Waals surface area (Å²) in [6.07, 6.45) is 0. The molecule has 122 valence electrons. The highest BCUT2D eigenvalue weighted by Crippen LogP contribution is 2.31.